The molecular weight excluding hydrogens is 440 g/mol. The minimum Gasteiger partial charge on any atom is -0.248 e. The Balaban J connectivity index is 1.91. The highest BCUT2D eigenvalue weighted by Crippen LogP contribution is 2.36. The molecule has 0 atom stereocenters. The second-order valence-electron chi connectivity index (χ2n) is 7.65. The van der Waals surface area contributed by atoms with Gasteiger partial charge in [0.05, 0.1) is 22.5 Å². The molecule has 0 N–H and O–H groups in total. The Morgan fingerprint density at radius 2 is 0.970 bits per heavy atom. The van der Waals surface area contributed by atoms with Crippen molar-refractivity contribution >= 4 is 0 Å². The van der Waals surface area contributed by atoms with Crippen molar-refractivity contribution in [3.05, 3.63) is 102 Å². The van der Waals surface area contributed by atoms with Crippen LogP contribution in [0.4, 0.5) is 26.3 Å². The molecule has 0 aliphatic heterocycles. The fraction of sp³-hybridized carbons (Fsp3) is 0.115. The van der Waals surface area contributed by atoms with E-state index in [0.29, 0.717) is 5.56 Å². The lowest BCUT2D eigenvalue weighted by atomic mass is 9.98. The van der Waals surface area contributed by atoms with Crippen LogP contribution < -0.4 is 0 Å². The van der Waals surface area contributed by atoms with Crippen molar-refractivity contribution in [1.29, 1.82) is 0 Å². The molecule has 0 aliphatic carbocycles. The summed E-state index contributed by atoms with van der Waals surface area (Å²) in [5.74, 6) is 0. The third-order valence-electron chi connectivity index (χ3n) is 5.18. The number of alkyl halides is 6. The number of benzene rings is 3. The molecule has 4 rings (SSSR count). The Morgan fingerprint density at radius 3 is 1.39 bits per heavy atom. The topological polar surface area (TPSA) is 12.9 Å². The minimum absolute atomic E-state index is 0.215. The Kier molecular flexibility index (Phi) is 5.74. The summed E-state index contributed by atoms with van der Waals surface area (Å²) in [5.41, 5.74) is 1.64. The molecule has 1 heterocycles. The number of aromatic nitrogens is 1. The molecule has 7 heteroatoms. The van der Waals surface area contributed by atoms with Gasteiger partial charge in [0.25, 0.3) is 0 Å². The number of rotatable bonds is 3. The van der Waals surface area contributed by atoms with E-state index >= 15 is 0 Å². The molecule has 0 saturated heterocycles. The van der Waals surface area contributed by atoms with Crippen molar-refractivity contribution in [2.75, 3.05) is 0 Å². The smallest absolute Gasteiger partial charge is 0.248 e. The van der Waals surface area contributed by atoms with Crippen LogP contribution in [0.25, 0.3) is 33.6 Å². The summed E-state index contributed by atoms with van der Waals surface area (Å²) in [6.45, 7) is 1.92. The number of halogens is 6. The van der Waals surface area contributed by atoms with Gasteiger partial charge >= 0.3 is 12.4 Å². The third kappa shape index (κ3) is 5.08. The molecule has 4 aromatic rings. The van der Waals surface area contributed by atoms with E-state index in [0.717, 1.165) is 35.4 Å². The van der Waals surface area contributed by atoms with Crippen LogP contribution in [0.5, 0.6) is 0 Å². The Morgan fingerprint density at radius 1 is 0.515 bits per heavy atom. The predicted octanol–water partition coefficient (Wildman–Crippen LogP) is 8.43. The maximum atomic E-state index is 13.2. The Hall–Kier alpha value is -3.61. The van der Waals surface area contributed by atoms with Crippen molar-refractivity contribution in [2.24, 2.45) is 0 Å². The number of hydrogen-bond donors (Lipinski definition) is 0. The minimum atomic E-state index is -4.53. The maximum absolute atomic E-state index is 13.2. The lowest BCUT2D eigenvalue weighted by molar-refractivity contribution is -0.138. The van der Waals surface area contributed by atoms with Crippen LogP contribution in [0.2, 0.25) is 0 Å². The van der Waals surface area contributed by atoms with E-state index < -0.39 is 23.5 Å². The van der Waals surface area contributed by atoms with Gasteiger partial charge in [-0.3, -0.25) is 0 Å². The van der Waals surface area contributed by atoms with E-state index in [1.165, 1.54) is 24.3 Å². The first-order chi connectivity index (χ1) is 15.5. The lowest BCUT2D eigenvalue weighted by Gasteiger charge is -2.13. The van der Waals surface area contributed by atoms with Gasteiger partial charge < -0.3 is 0 Å². The van der Waals surface area contributed by atoms with Crippen molar-refractivity contribution in [2.45, 2.75) is 19.3 Å². The monoisotopic (exact) mass is 457 g/mol. The van der Waals surface area contributed by atoms with Crippen LogP contribution in [0.1, 0.15) is 16.7 Å². The van der Waals surface area contributed by atoms with Crippen LogP contribution in [-0.2, 0) is 12.4 Å². The van der Waals surface area contributed by atoms with Crippen molar-refractivity contribution < 1.29 is 26.3 Å². The molecule has 168 valence electrons. The molecule has 3 aromatic carbocycles. The molecule has 0 spiro atoms. The number of hydrogen-bond acceptors (Lipinski definition) is 1. The quantitative estimate of drug-likeness (QED) is 0.281. The summed E-state index contributed by atoms with van der Waals surface area (Å²) in [5, 5.41) is 0. The molecule has 1 aromatic heterocycles. The molecule has 1 nitrogen and oxygen atoms in total. The van der Waals surface area contributed by atoms with Crippen LogP contribution in [0.3, 0.4) is 0 Å². The summed E-state index contributed by atoms with van der Waals surface area (Å²) in [6, 6.07) is 20.1. The first-order valence-electron chi connectivity index (χ1n) is 9.95. The van der Waals surface area contributed by atoms with Crippen LogP contribution >= 0.6 is 0 Å². The summed E-state index contributed by atoms with van der Waals surface area (Å²) < 4.78 is 79.4. The van der Waals surface area contributed by atoms with Gasteiger partial charge in [-0.25, -0.2) is 4.98 Å². The molecule has 0 fully saturated rings. The summed E-state index contributed by atoms with van der Waals surface area (Å²) >= 11 is 0. The molecule has 0 aliphatic rings. The van der Waals surface area contributed by atoms with E-state index in [1.807, 2.05) is 31.2 Å². The van der Waals surface area contributed by atoms with E-state index in [4.69, 9.17) is 0 Å². The van der Waals surface area contributed by atoms with Gasteiger partial charge in [-0.1, -0.05) is 54.1 Å². The number of aryl methyl sites for hydroxylation is 1. The normalized spacial score (nSPS) is 12.1. The van der Waals surface area contributed by atoms with Crippen molar-refractivity contribution in [1.82, 2.24) is 4.98 Å². The van der Waals surface area contributed by atoms with Gasteiger partial charge in [-0.05, 0) is 54.4 Å². The summed E-state index contributed by atoms with van der Waals surface area (Å²) in [4.78, 5) is 4.43. The van der Waals surface area contributed by atoms with E-state index in [1.54, 1.807) is 12.1 Å². The lowest BCUT2D eigenvalue weighted by Crippen LogP contribution is -2.05. The van der Waals surface area contributed by atoms with Crippen molar-refractivity contribution in [3.8, 4) is 33.6 Å². The number of nitrogens with zero attached hydrogens (tertiary/aromatic N) is 1. The summed E-state index contributed by atoms with van der Waals surface area (Å²) in [7, 11) is 0. The summed E-state index contributed by atoms with van der Waals surface area (Å²) in [6.07, 6.45) is -9.07. The van der Waals surface area contributed by atoms with Gasteiger partial charge in [0.15, 0.2) is 0 Å². The Labute approximate surface area is 186 Å². The largest absolute Gasteiger partial charge is 0.416 e. The third-order valence-corrected chi connectivity index (χ3v) is 5.18. The fourth-order valence-electron chi connectivity index (χ4n) is 3.45. The zero-order valence-corrected chi connectivity index (χ0v) is 17.3. The predicted molar refractivity (Wildman–Crippen MR) is 115 cm³/mol. The fourth-order valence-corrected chi connectivity index (χ4v) is 3.45. The zero-order chi connectivity index (χ0) is 23.8. The Bertz CT molecular complexity index is 1210. The maximum Gasteiger partial charge on any atom is 0.416 e. The first-order valence-corrected chi connectivity index (χ1v) is 9.95. The molecule has 33 heavy (non-hydrogen) atoms. The molecule has 0 bridgehead atoms. The van der Waals surface area contributed by atoms with Crippen LogP contribution in [-0.4, -0.2) is 4.98 Å². The molecule has 0 amide bonds. The van der Waals surface area contributed by atoms with Crippen LogP contribution in [0.15, 0.2) is 84.9 Å². The van der Waals surface area contributed by atoms with Gasteiger partial charge in [0.2, 0.25) is 0 Å². The van der Waals surface area contributed by atoms with E-state index in [2.05, 4.69) is 4.98 Å². The second kappa shape index (κ2) is 8.39. The molecular formula is C26H17F6N. The van der Waals surface area contributed by atoms with Gasteiger partial charge in [-0.2, -0.15) is 26.3 Å². The average molecular weight is 457 g/mol. The average Bonchev–Trinajstić information content (AvgIpc) is 2.78. The number of pyridine rings is 1. The van der Waals surface area contributed by atoms with Gasteiger partial charge in [-0.15, -0.1) is 0 Å². The second-order valence-corrected chi connectivity index (χ2v) is 7.65. The van der Waals surface area contributed by atoms with Gasteiger partial charge in [0.1, 0.15) is 0 Å². The van der Waals surface area contributed by atoms with Gasteiger partial charge in [0, 0.05) is 11.1 Å². The SMILES string of the molecule is Cc1ccc(-c2cc(-c3cccc(C(F)(F)F)c3)nc(-c3cccc(C(F)(F)F)c3)c2)cc1. The molecule has 0 unspecified atom stereocenters. The highest BCUT2D eigenvalue weighted by atomic mass is 19.4. The standard InChI is InChI=1S/C26H17F6N/c1-16-8-10-17(11-9-16)20-14-23(18-4-2-6-21(12-18)25(27,28)29)33-24(15-20)19-5-3-7-22(13-19)26(30,31)32/h2-15H,1H3. The van der Waals surface area contributed by atoms with E-state index in [9.17, 15) is 26.3 Å². The van der Waals surface area contributed by atoms with Crippen molar-refractivity contribution in [3.63, 3.8) is 0 Å². The molecule has 0 saturated carbocycles. The highest BCUT2D eigenvalue weighted by molar-refractivity contribution is 5.77. The highest BCUT2D eigenvalue weighted by Gasteiger charge is 2.31. The zero-order valence-electron chi connectivity index (χ0n) is 17.3. The van der Waals surface area contributed by atoms with E-state index in [-0.39, 0.29) is 22.5 Å². The van der Waals surface area contributed by atoms with Crippen LogP contribution in [0, 0.1) is 6.92 Å². The molecule has 0 radical (unpaired) electrons. The first kappa shape index (κ1) is 22.6.